The summed E-state index contributed by atoms with van der Waals surface area (Å²) in [6.45, 7) is 8.11. The zero-order valence-electron chi connectivity index (χ0n) is 16.8. The van der Waals surface area contributed by atoms with Crippen molar-refractivity contribution in [1.29, 1.82) is 0 Å². The second-order valence-electron chi connectivity index (χ2n) is 7.59. The first-order valence-corrected chi connectivity index (χ1v) is 11.4. The van der Waals surface area contributed by atoms with Gasteiger partial charge in [0.2, 0.25) is 5.91 Å². The van der Waals surface area contributed by atoms with Crippen LogP contribution in [0.1, 0.15) is 46.9 Å². The van der Waals surface area contributed by atoms with Crippen molar-refractivity contribution in [3.05, 3.63) is 45.6 Å². The van der Waals surface area contributed by atoms with Crippen LogP contribution in [-0.2, 0) is 17.6 Å². The van der Waals surface area contributed by atoms with E-state index in [4.69, 9.17) is 0 Å². The van der Waals surface area contributed by atoms with Crippen molar-refractivity contribution in [3.63, 3.8) is 0 Å². The van der Waals surface area contributed by atoms with Crippen molar-refractivity contribution in [2.45, 2.75) is 63.7 Å². The third-order valence-electron chi connectivity index (χ3n) is 5.30. The zero-order valence-corrected chi connectivity index (χ0v) is 18.4. The Hall–Kier alpha value is -1.92. The Morgan fingerprint density at radius 1 is 1.14 bits per heavy atom. The molecule has 0 bridgehead atoms. The van der Waals surface area contributed by atoms with Crippen molar-refractivity contribution in [2.24, 2.45) is 0 Å². The molecule has 4 rings (SSSR count). The van der Waals surface area contributed by atoms with E-state index in [1.165, 1.54) is 46.0 Å². The number of nitrogens with one attached hydrogen (secondary N) is 1. The number of nitrogens with zero attached hydrogens (tertiary/aromatic N) is 2. The van der Waals surface area contributed by atoms with E-state index in [1.54, 1.807) is 17.7 Å². The van der Waals surface area contributed by atoms with E-state index in [0.29, 0.717) is 0 Å². The molecule has 0 radical (unpaired) electrons. The highest BCUT2D eigenvalue weighted by atomic mass is 32.2. The topological polar surface area (TPSA) is 54.9 Å². The van der Waals surface area contributed by atoms with E-state index in [-0.39, 0.29) is 11.2 Å². The van der Waals surface area contributed by atoms with E-state index >= 15 is 0 Å². The summed E-state index contributed by atoms with van der Waals surface area (Å²) >= 11 is 3.33. The number of aryl methyl sites for hydroxylation is 5. The summed E-state index contributed by atoms with van der Waals surface area (Å²) in [7, 11) is 0. The lowest BCUT2D eigenvalue weighted by Gasteiger charge is -2.16. The van der Waals surface area contributed by atoms with Gasteiger partial charge in [-0.2, -0.15) is 0 Å². The number of aromatic nitrogens is 2. The lowest BCUT2D eigenvalue weighted by Crippen LogP contribution is -2.23. The van der Waals surface area contributed by atoms with Gasteiger partial charge in [0.25, 0.3) is 0 Å². The molecular formula is C22H25N3OS2. The molecule has 1 unspecified atom stereocenters. The van der Waals surface area contributed by atoms with Crippen LogP contribution in [0.25, 0.3) is 10.2 Å². The molecule has 2 aromatic heterocycles. The first-order valence-electron chi connectivity index (χ1n) is 9.74. The molecule has 146 valence electrons. The van der Waals surface area contributed by atoms with Gasteiger partial charge in [-0.3, -0.25) is 4.79 Å². The van der Waals surface area contributed by atoms with Crippen LogP contribution >= 0.6 is 23.1 Å². The van der Waals surface area contributed by atoms with Crippen molar-refractivity contribution in [2.75, 3.05) is 5.32 Å². The summed E-state index contributed by atoms with van der Waals surface area (Å²) < 4.78 is 0. The molecule has 28 heavy (non-hydrogen) atoms. The number of thiophene rings is 1. The third kappa shape index (κ3) is 3.67. The fourth-order valence-corrected chi connectivity index (χ4v) is 6.21. The molecule has 1 aliphatic rings. The third-order valence-corrected chi connectivity index (χ3v) is 7.60. The fourth-order valence-electron chi connectivity index (χ4n) is 3.97. The van der Waals surface area contributed by atoms with Gasteiger partial charge in [0.1, 0.15) is 16.2 Å². The lowest BCUT2D eigenvalue weighted by molar-refractivity contribution is -0.115. The number of rotatable bonds is 4. The first kappa shape index (κ1) is 19.4. The van der Waals surface area contributed by atoms with E-state index in [0.717, 1.165) is 39.5 Å². The maximum absolute atomic E-state index is 12.9. The molecule has 0 saturated carbocycles. The number of carbonyl (C=O) groups is 1. The molecule has 1 N–H and O–H groups in total. The Balaban J connectivity index is 1.58. The summed E-state index contributed by atoms with van der Waals surface area (Å²) in [5, 5.41) is 5.00. The van der Waals surface area contributed by atoms with E-state index in [1.807, 2.05) is 20.8 Å². The predicted octanol–water partition coefficient (Wildman–Crippen LogP) is 5.61. The quantitative estimate of drug-likeness (QED) is 0.447. The minimum Gasteiger partial charge on any atom is -0.325 e. The van der Waals surface area contributed by atoms with Crippen LogP contribution in [0.3, 0.4) is 0 Å². The number of carbonyl (C=O) groups excluding carboxylic acids is 1. The molecule has 6 heteroatoms. The number of hydrogen-bond donors (Lipinski definition) is 1. The van der Waals surface area contributed by atoms with Crippen LogP contribution in [0.4, 0.5) is 5.69 Å². The number of thioether (sulfide) groups is 1. The standard InChI is InChI=1S/C22H25N3OS2/c1-12-9-13(2)19(14(3)10-12)25-20(26)15(4)27-21-18-16-7-5-6-8-17(16)28-22(18)24-11-23-21/h9-11,15H,5-8H2,1-4H3,(H,25,26). The maximum Gasteiger partial charge on any atom is 0.237 e. The van der Waals surface area contributed by atoms with Crippen LogP contribution in [-0.4, -0.2) is 21.1 Å². The van der Waals surface area contributed by atoms with Gasteiger partial charge < -0.3 is 5.32 Å². The van der Waals surface area contributed by atoms with Crippen molar-refractivity contribution in [1.82, 2.24) is 9.97 Å². The van der Waals surface area contributed by atoms with Crippen molar-refractivity contribution < 1.29 is 4.79 Å². The van der Waals surface area contributed by atoms with Gasteiger partial charge in [0, 0.05) is 16.0 Å². The summed E-state index contributed by atoms with van der Waals surface area (Å²) in [4.78, 5) is 24.4. The highest BCUT2D eigenvalue weighted by molar-refractivity contribution is 8.00. The molecule has 2 heterocycles. The van der Waals surface area contributed by atoms with Gasteiger partial charge in [-0.05, 0) is 70.1 Å². The minimum absolute atomic E-state index is 0.0101. The van der Waals surface area contributed by atoms with Gasteiger partial charge >= 0.3 is 0 Å². The number of anilines is 1. The Labute approximate surface area is 174 Å². The maximum atomic E-state index is 12.9. The van der Waals surface area contributed by atoms with Gasteiger partial charge in [0.15, 0.2) is 0 Å². The average molecular weight is 412 g/mol. The molecular weight excluding hydrogens is 386 g/mol. The molecule has 0 fully saturated rings. The highest BCUT2D eigenvalue weighted by Gasteiger charge is 2.23. The molecule has 0 spiro atoms. The largest absolute Gasteiger partial charge is 0.325 e. The average Bonchev–Trinajstić information content (AvgIpc) is 3.04. The number of benzene rings is 1. The highest BCUT2D eigenvalue weighted by Crippen LogP contribution is 2.40. The Morgan fingerprint density at radius 3 is 2.61 bits per heavy atom. The number of amides is 1. The normalized spacial score (nSPS) is 14.7. The Morgan fingerprint density at radius 2 is 1.86 bits per heavy atom. The van der Waals surface area contributed by atoms with E-state index < -0.39 is 0 Å². The summed E-state index contributed by atoms with van der Waals surface area (Å²) in [6.07, 6.45) is 6.34. The van der Waals surface area contributed by atoms with E-state index in [9.17, 15) is 4.79 Å². The molecule has 1 atom stereocenters. The second kappa shape index (κ2) is 7.84. The van der Waals surface area contributed by atoms with Crippen LogP contribution in [0, 0.1) is 20.8 Å². The van der Waals surface area contributed by atoms with Crippen molar-refractivity contribution in [3.8, 4) is 0 Å². The smallest absolute Gasteiger partial charge is 0.237 e. The SMILES string of the molecule is Cc1cc(C)c(NC(=O)C(C)Sc2ncnc3sc4c(c23)CCCC4)c(C)c1. The molecule has 1 amide bonds. The van der Waals surface area contributed by atoms with Crippen molar-refractivity contribution >= 4 is 44.9 Å². The first-order chi connectivity index (χ1) is 13.4. The molecule has 3 aromatic rings. The summed E-state index contributed by atoms with van der Waals surface area (Å²) in [6, 6.07) is 4.21. The van der Waals surface area contributed by atoms with Crippen LogP contribution in [0.5, 0.6) is 0 Å². The van der Waals surface area contributed by atoms with Gasteiger partial charge in [-0.25, -0.2) is 9.97 Å². The van der Waals surface area contributed by atoms with Gasteiger partial charge in [0.05, 0.1) is 5.25 Å². The fraction of sp³-hybridized carbons (Fsp3) is 0.409. The summed E-state index contributed by atoms with van der Waals surface area (Å²) in [5.41, 5.74) is 5.73. The van der Waals surface area contributed by atoms with Gasteiger partial charge in [-0.15, -0.1) is 11.3 Å². The number of fused-ring (bicyclic) bond motifs is 3. The lowest BCUT2D eigenvalue weighted by atomic mass is 9.97. The molecule has 1 aromatic carbocycles. The second-order valence-corrected chi connectivity index (χ2v) is 10.0. The zero-order chi connectivity index (χ0) is 19.8. The monoisotopic (exact) mass is 411 g/mol. The van der Waals surface area contributed by atoms with Crippen LogP contribution < -0.4 is 5.32 Å². The molecule has 0 aliphatic heterocycles. The Bertz CT molecular complexity index is 1030. The Kier molecular flexibility index (Phi) is 5.43. The molecule has 0 saturated heterocycles. The molecule has 1 aliphatic carbocycles. The summed E-state index contributed by atoms with van der Waals surface area (Å²) in [5.74, 6) is 0.0101. The van der Waals surface area contributed by atoms with Gasteiger partial charge in [-0.1, -0.05) is 29.5 Å². The minimum atomic E-state index is -0.239. The molecule has 4 nitrogen and oxygen atoms in total. The number of hydrogen-bond acceptors (Lipinski definition) is 5. The van der Waals surface area contributed by atoms with E-state index in [2.05, 4.69) is 34.3 Å². The van der Waals surface area contributed by atoms with Crippen LogP contribution in [0.15, 0.2) is 23.5 Å². The predicted molar refractivity (Wildman–Crippen MR) is 119 cm³/mol. The van der Waals surface area contributed by atoms with Crippen LogP contribution in [0.2, 0.25) is 0 Å².